The third-order valence-corrected chi connectivity index (χ3v) is 4.90. The Labute approximate surface area is 158 Å². The first kappa shape index (κ1) is 18.4. The van der Waals surface area contributed by atoms with E-state index in [1.807, 2.05) is 6.07 Å². The molecule has 1 fully saturated rings. The average Bonchev–Trinajstić information content (AvgIpc) is 3.26. The zero-order chi connectivity index (χ0) is 19.9. The van der Waals surface area contributed by atoms with E-state index in [0.717, 1.165) is 11.8 Å². The van der Waals surface area contributed by atoms with E-state index in [1.54, 1.807) is 24.3 Å². The molecule has 4 rings (SSSR count). The van der Waals surface area contributed by atoms with Crippen LogP contribution in [0.2, 0.25) is 0 Å². The highest BCUT2D eigenvalue weighted by molar-refractivity contribution is 5.85. The summed E-state index contributed by atoms with van der Waals surface area (Å²) in [5.41, 5.74) is 1.09. The highest BCUT2D eigenvalue weighted by atomic mass is 19.4. The molecule has 1 aliphatic carbocycles. The summed E-state index contributed by atoms with van der Waals surface area (Å²) in [4.78, 5) is 7.95. The molecule has 0 saturated carbocycles. The number of hydrogen-bond acceptors (Lipinski definition) is 6. The van der Waals surface area contributed by atoms with Gasteiger partial charge >= 0.3 is 6.18 Å². The zero-order valence-corrected chi connectivity index (χ0v) is 14.6. The number of anilines is 1. The topological polar surface area (TPSA) is 93.9 Å². The molecular formula is C19H16F3N5O. The average molecular weight is 387 g/mol. The Bertz CT molecular complexity index is 996. The van der Waals surface area contributed by atoms with Crippen molar-refractivity contribution in [1.29, 1.82) is 5.26 Å². The summed E-state index contributed by atoms with van der Waals surface area (Å²) in [7, 11) is 0. The first-order valence-corrected chi connectivity index (χ1v) is 8.70. The summed E-state index contributed by atoms with van der Waals surface area (Å²) in [6, 6.07) is 6.55. The minimum Gasteiger partial charge on any atom is -0.390 e. The van der Waals surface area contributed by atoms with Gasteiger partial charge in [0.25, 0.3) is 0 Å². The molecule has 1 aliphatic heterocycles. The number of halogens is 3. The molecule has 6 nitrogen and oxygen atoms in total. The quantitative estimate of drug-likeness (QED) is 0.747. The maximum Gasteiger partial charge on any atom is 0.419 e. The molecule has 1 saturated heterocycles. The van der Waals surface area contributed by atoms with E-state index >= 15 is 0 Å². The Morgan fingerprint density at radius 1 is 1.29 bits per heavy atom. The Morgan fingerprint density at radius 3 is 2.79 bits per heavy atom. The van der Waals surface area contributed by atoms with Crippen LogP contribution in [0.25, 0.3) is 5.57 Å². The zero-order valence-electron chi connectivity index (χ0n) is 14.6. The fraction of sp³-hybridized carbons (Fsp3) is 0.316. The fourth-order valence-electron chi connectivity index (χ4n) is 3.48. The van der Waals surface area contributed by atoms with Crippen molar-refractivity contribution in [3.05, 3.63) is 58.4 Å². The minimum atomic E-state index is -4.61. The van der Waals surface area contributed by atoms with Crippen LogP contribution < -0.4 is 10.6 Å². The largest absolute Gasteiger partial charge is 0.419 e. The second kappa shape index (κ2) is 6.89. The second-order valence-electron chi connectivity index (χ2n) is 6.74. The third kappa shape index (κ3) is 3.32. The summed E-state index contributed by atoms with van der Waals surface area (Å²) < 4.78 is 40.7. The fourth-order valence-corrected chi connectivity index (χ4v) is 3.48. The highest BCUT2D eigenvalue weighted by Gasteiger charge is 2.37. The SMILES string of the molecule is N#Cc1ccc2c(c1)CC=C2c1nc(N[C@@H]2CNC[C@@H]2O)ncc1C(F)(F)F. The predicted molar refractivity (Wildman–Crippen MR) is 95.3 cm³/mol. The van der Waals surface area contributed by atoms with E-state index in [9.17, 15) is 18.3 Å². The van der Waals surface area contributed by atoms with E-state index in [2.05, 4.69) is 20.6 Å². The minimum absolute atomic E-state index is 0.0266. The van der Waals surface area contributed by atoms with Crippen molar-refractivity contribution in [3.63, 3.8) is 0 Å². The molecule has 2 heterocycles. The monoisotopic (exact) mass is 387 g/mol. The van der Waals surface area contributed by atoms with Crippen molar-refractivity contribution in [1.82, 2.24) is 15.3 Å². The van der Waals surface area contributed by atoms with Gasteiger partial charge in [-0.15, -0.1) is 0 Å². The molecule has 1 aromatic heterocycles. The van der Waals surface area contributed by atoms with Crippen molar-refractivity contribution in [3.8, 4) is 6.07 Å². The van der Waals surface area contributed by atoms with Crippen LogP contribution in [0.5, 0.6) is 0 Å². The number of aliphatic hydroxyl groups excluding tert-OH is 1. The number of nitrogens with zero attached hydrogens (tertiary/aromatic N) is 3. The normalized spacial score (nSPS) is 21.2. The Hall–Kier alpha value is -2.96. The molecule has 0 spiro atoms. The lowest BCUT2D eigenvalue weighted by Gasteiger charge is -2.18. The molecule has 9 heteroatoms. The number of aliphatic hydroxyl groups is 1. The smallest absolute Gasteiger partial charge is 0.390 e. The summed E-state index contributed by atoms with van der Waals surface area (Å²) in [6.07, 6.45) is -2.42. The van der Waals surface area contributed by atoms with E-state index in [1.165, 1.54) is 0 Å². The van der Waals surface area contributed by atoms with Crippen LogP contribution in [-0.2, 0) is 12.6 Å². The summed E-state index contributed by atoms with van der Waals surface area (Å²) in [5.74, 6) is 0.0266. The van der Waals surface area contributed by atoms with Crippen LogP contribution in [-0.4, -0.2) is 40.3 Å². The van der Waals surface area contributed by atoms with E-state index in [0.29, 0.717) is 36.2 Å². The van der Waals surface area contributed by atoms with Crippen LogP contribution in [0.15, 0.2) is 30.5 Å². The van der Waals surface area contributed by atoms with Crippen molar-refractivity contribution < 1.29 is 18.3 Å². The molecule has 2 aromatic rings. The van der Waals surface area contributed by atoms with Crippen molar-refractivity contribution in [2.24, 2.45) is 0 Å². The number of alkyl halides is 3. The maximum atomic E-state index is 13.6. The van der Waals surface area contributed by atoms with Crippen molar-refractivity contribution in [2.75, 3.05) is 18.4 Å². The summed E-state index contributed by atoms with van der Waals surface area (Å²) in [5, 5.41) is 24.8. The lowest BCUT2D eigenvalue weighted by atomic mass is 9.99. The maximum absolute atomic E-state index is 13.6. The van der Waals surface area contributed by atoms with Gasteiger partial charge in [0.1, 0.15) is 5.56 Å². The van der Waals surface area contributed by atoms with Gasteiger partial charge in [-0.3, -0.25) is 0 Å². The third-order valence-electron chi connectivity index (χ3n) is 4.90. The van der Waals surface area contributed by atoms with E-state index < -0.39 is 17.8 Å². The summed E-state index contributed by atoms with van der Waals surface area (Å²) in [6.45, 7) is 0.855. The first-order valence-electron chi connectivity index (χ1n) is 8.70. The lowest BCUT2D eigenvalue weighted by Crippen LogP contribution is -2.33. The molecule has 0 unspecified atom stereocenters. The van der Waals surface area contributed by atoms with Gasteiger partial charge in [0, 0.05) is 24.9 Å². The first-order chi connectivity index (χ1) is 13.4. The van der Waals surface area contributed by atoms with Gasteiger partial charge < -0.3 is 15.7 Å². The standard InChI is InChI=1S/C19H16F3N5O/c20-19(21,22)14-7-25-18(26-15-8-24-9-16(15)28)27-17(14)13-4-2-11-5-10(6-23)1-3-12(11)13/h1,3-5,7,15-16,24,28H,2,8-9H2,(H,25,26,27)/t15-,16+/m1/s1. The van der Waals surface area contributed by atoms with Crippen LogP contribution in [0.1, 0.15) is 27.9 Å². The number of allylic oxidation sites excluding steroid dienone is 1. The molecule has 2 atom stereocenters. The molecular weight excluding hydrogens is 371 g/mol. The number of β-amino-alcohol motifs (C(OH)–C–C–N with tert-alkyl or cyclic N) is 1. The van der Waals surface area contributed by atoms with Crippen molar-refractivity contribution in [2.45, 2.75) is 24.7 Å². The molecule has 1 aromatic carbocycles. The molecule has 0 radical (unpaired) electrons. The van der Waals surface area contributed by atoms with Gasteiger partial charge in [0.05, 0.1) is 29.5 Å². The van der Waals surface area contributed by atoms with Gasteiger partial charge in [-0.05, 0) is 29.7 Å². The van der Waals surface area contributed by atoms with Gasteiger partial charge in [-0.25, -0.2) is 9.97 Å². The Balaban J connectivity index is 1.75. The van der Waals surface area contributed by atoms with Gasteiger partial charge in [0.2, 0.25) is 5.95 Å². The number of hydrogen-bond donors (Lipinski definition) is 3. The van der Waals surface area contributed by atoms with Crippen LogP contribution >= 0.6 is 0 Å². The number of benzene rings is 1. The van der Waals surface area contributed by atoms with Crippen molar-refractivity contribution >= 4 is 11.5 Å². The second-order valence-corrected chi connectivity index (χ2v) is 6.74. The number of rotatable bonds is 3. The molecule has 2 aliphatic rings. The molecule has 0 amide bonds. The van der Waals surface area contributed by atoms with E-state index in [-0.39, 0.29) is 17.7 Å². The van der Waals surface area contributed by atoms with Crippen LogP contribution in [0.4, 0.5) is 19.1 Å². The summed E-state index contributed by atoms with van der Waals surface area (Å²) >= 11 is 0. The number of fused-ring (bicyclic) bond motifs is 1. The van der Waals surface area contributed by atoms with Gasteiger partial charge in [0.15, 0.2) is 0 Å². The van der Waals surface area contributed by atoms with E-state index in [4.69, 9.17) is 5.26 Å². The number of nitrogens with one attached hydrogen (secondary N) is 2. The van der Waals surface area contributed by atoms with Crippen LogP contribution in [0.3, 0.4) is 0 Å². The van der Waals surface area contributed by atoms with Gasteiger partial charge in [-0.1, -0.05) is 12.1 Å². The molecule has 28 heavy (non-hydrogen) atoms. The van der Waals surface area contributed by atoms with Gasteiger partial charge in [-0.2, -0.15) is 18.4 Å². The Kier molecular flexibility index (Phi) is 4.53. The number of aromatic nitrogens is 2. The molecule has 144 valence electrons. The Morgan fingerprint density at radius 2 is 2.11 bits per heavy atom. The van der Waals surface area contributed by atoms with Crippen LogP contribution in [0, 0.1) is 11.3 Å². The molecule has 3 N–H and O–H groups in total. The highest BCUT2D eigenvalue weighted by Crippen LogP contribution is 2.39. The lowest BCUT2D eigenvalue weighted by molar-refractivity contribution is -0.138. The number of nitriles is 1. The molecule has 0 bridgehead atoms. The predicted octanol–water partition coefficient (Wildman–Crippen LogP) is 2.10.